The third kappa shape index (κ3) is 3.05. The second-order valence-electron chi connectivity index (χ2n) is 3.38. The van der Waals surface area contributed by atoms with Gasteiger partial charge in [0, 0.05) is 16.2 Å². The first-order valence-corrected chi connectivity index (χ1v) is 5.80. The van der Waals surface area contributed by atoms with Crippen molar-refractivity contribution >= 4 is 15.9 Å². The van der Waals surface area contributed by atoms with E-state index >= 15 is 0 Å². The summed E-state index contributed by atoms with van der Waals surface area (Å²) in [6.45, 7) is 0. The van der Waals surface area contributed by atoms with Crippen molar-refractivity contribution < 1.29 is 4.74 Å². The van der Waals surface area contributed by atoms with Crippen LogP contribution in [-0.2, 0) is 0 Å². The largest absolute Gasteiger partial charge is 0.469 e. The zero-order valence-corrected chi connectivity index (χ0v) is 10.5. The van der Waals surface area contributed by atoms with E-state index in [1.165, 1.54) is 0 Å². The van der Waals surface area contributed by atoms with E-state index in [9.17, 15) is 0 Å². The second kappa shape index (κ2) is 5.46. The van der Waals surface area contributed by atoms with Crippen molar-refractivity contribution in [3.63, 3.8) is 0 Å². The maximum atomic E-state index is 9.10. The Bertz CT molecular complexity index is 537. The van der Waals surface area contributed by atoms with E-state index in [4.69, 9.17) is 10.00 Å². The zero-order chi connectivity index (χ0) is 12.1. The zero-order valence-electron chi connectivity index (χ0n) is 8.88. The average molecular weight is 289 g/mol. The first-order valence-electron chi connectivity index (χ1n) is 5.01. The Balaban J connectivity index is 2.20. The molecule has 0 aliphatic rings. The summed E-state index contributed by atoms with van der Waals surface area (Å²) < 4.78 is 6.40. The van der Waals surface area contributed by atoms with Crippen molar-refractivity contribution in [3.8, 4) is 11.8 Å². The molecule has 0 fully saturated rings. The molecule has 17 heavy (non-hydrogen) atoms. The molecule has 0 amide bonds. The molecule has 3 nitrogen and oxygen atoms in total. The van der Waals surface area contributed by atoms with Crippen LogP contribution < -0.4 is 4.74 Å². The van der Waals surface area contributed by atoms with E-state index in [-0.39, 0.29) is 0 Å². The molecule has 1 heterocycles. The van der Waals surface area contributed by atoms with Crippen LogP contribution in [0.4, 0.5) is 0 Å². The highest BCUT2D eigenvalue weighted by Crippen LogP contribution is 2.23. The summed E-state index contributed by atoms with van der Waals surface area (Å²) in [5.74, 6) is 0.565. The number of pyridine rings is 1. The molecule has 0 saturated heterocycles. The topological polar surface area (TPSA) is 45.9 Å². The lowest BCUT2D eigenvalue weighted by molar-refractivity contribution is 0.261. The van der Waals surface area contributed by atoms with Crippen molar-refractivity contribution in [1.29, 1.82) is 5.26 Å². The number of nitriles is 1. The molecule has 0 aliphatic heterocycles. The van der Waals surface area contributed by atoms with E-state index in [0.717, 1.165) is 10.0 Å². The fourth-order valence-corrected chi connectivity index (χ4v) is 1.73. The molecule has 1 aromatic heterocycles. The van der Waals surface area contributed by atoms with Crippen molar-refractivity contribution in [2.75, 3.05) is 0 Å². The highest BCUT2D eigenvalue weighted by Gasteiger charge is 2.11. The minimum absolute atomic E-state index is 0.565. The van der Waals surface area contributed by atoms with Gasteiger partial charge in [-0.05, 0) is 22.0 Å². The molecule has 0 radical (unpaired) electrons. The smallest absolute Gasteiger partial charge is 0.209 e. The number of aromatic nitrogens is 1. The lowest BCUT2D eigenvalue weighted by Gasteiger charge is -2.12. The molecular formula is C13H9BrN2O. The van der Waals surface area contributed by atoms with Crippen LogP contribution in [0.5, 0.6) is 5.75 Å². The molecule has 2 rings (SSSR count). The molecule has 0 bridgehead atoms. The van der Waals surface area contributed by atoms with Gasteiger partial charge in [0.15, 0.2) is 0 Å². The summed E-state index contributed by atoms with van der Waals surface area (Å²) in [4.78, 5) is 3.98. The van der Waals surface area contributed by atoms with Crippen molar-refractivity contribution in [2.45, 2.75) is 6.10 Å². The molecule has 1 atom stereocenters. The lowest BCUT2D eigenvalue weighted by atomic mass is 10.1. The highest BCUT2D eigenvalue weighted by atomic mass is 79.9. The summed E-state index contributed by atoms with van der Waals surface area (Å²) >= 11 is 3.30. The van der Waals surface area contributed by atoms with Crippen LogP contribution in [0, 0.1) is 11.3 Å². The molecule has 0 saturated carbocycles. The summed E-state index contributed by atoms with van der Waals surface area (Å²) in [5.41, 5.74) is 0.829. The van der Waals surface area contributed by atoms with E-state index in [2.05, 4.69) is 27.0 Å². The van der Waals surface area contributed by atoms with E-state index in [1.807, 2.05) is 30.3 Å². The minimum Gasteiger partial charge on any atom is -0.469 e. The van der Waals surface area contributed by atoms with Crippen LogP contribution in [0.25, 0.3) is 0 Å². The maximum Gasteiger partial charge on any atom is 0.209 e. The molecule has 1 aromatic carbocycles. The second-order valence-corrected chi connectivity index (χ2v) is 4.29. The third-order valence-electron chi connectivity index (χ3n) is 2.15. The fraction of sp³-hybridized carbons (Fsp3) is 0.0769. The van der Waals surface area contributed by atoms with Crippen LogP contribution in [0.3, 0.4) is 0 Å². The standard InChI is InChI=1S/C13H9BrN2O/c14-11-6-12(9-16-8-11)17-13(7-15)10-4-2-1-3-5-10/h1-6,8-9,13H/t13-/m0/s1. The predicted molar refractivity (Wildman–Crippen MR) is 67.4 cm³/mol. The molecule has 0 N–H and O–H groups in total. The van der Waals surface area contributed by atoms with Crippen LogP contribution in [0.2, 0.25) is 0 Å². The van der Waals surface area contributed by atoms with Gasteiger partial charge in [-0.25, -0.2) is 0 Å². The summed E-state index contributed by atoms with van der Waals surface area (Å²) in [5, 5.41) is 9.10. The van der Waals surface area contributed by atoms with Crippen molar-refractivity contribution in [1.82, 2.24) is 4.98 Å². The first-order chi connectivity index (χ1) is 8.29. The SMILES string of the molecule is N#C[C@H](Oc1cncc(Br)c1)c1ccccc1. The van der Waals surface area contributed by atoms with Gasteiger partial charge < -0.3 is 4.74 Å². The first kappa shape index (κ1) is 11.6. The summed E-state index contributed by atoms with van der Waals surface area (Å²) in [7, 11) is 0. The Hall–Kier alpha value is -1.86. The van der Waals surface area contributed by atoms with Gasteiger partial charge in [-0.1, -0.05) is 30.3 Å². The number of rotatable bonds is 3. The van der Waals surface area contributed by atoms with Gasteiger partial charge in [0.05, 0.1) is 6.20 Å². The molecular weight excluding hydrogens is 280 g/mol. The van der Waals surface area contributed by atoms with Gasteiger partial charge in [-0.15, -0.1) is 0 Å². The van der Waals surface area contributed by atoms with Crippen molar-refractivity contribution in [2.24, 2.45) is 0 Å². The number of hydrogen-bond donors (Lipinski definition) is 0. The Labute approximate surface area is 108 Å². The number of hydrogen-bond acceptors (Lipinski definition) is 3. The van der Waals surface area contributed by atoms with E-state index < -0.39 is 6.10 Å². The average Bonchev–Trinajstić information content (AvgIpc) is 2.37. The van der Waals surface area contributed by atoms with Crippen LogP contribution in [0.15, 0.2) is 53.3 Å². The fourth-order valence-electron chi connectivity index (χ4n) is 1.39. The van der Waals surface area contributed by atoms with Gasteiger partial charge in [0.25, 0.3) is 0 Å². The quantitative estimate of drug-likeness (QED) is 0.869. The molecule has 0 aliphatic carbocycles. The Kier molecular flexibility index (Phi) is 3.73. The van der Waals surface area contributed by atoms with Crippen LogP contribution in [0.1, 0.15) is 11.7 Å². The van der Waals surface area contributed by atoms with Gasteiger partial charge in [-0.3, -0.25) is 4.98 Å². The highest BCUT2D eigenvalue weighted by molar-refractivity contribution is 9.10. The monoisotopic (exact) mass is 288 g/mol. The molecule has 0 spiro atoms. The number of benzene rings is 1. The summed E-state index contributed by atoms with van der Waals surface area (Å²) in [6, 6.07) is 13.3. The summed E-state index contributed by atoms with van der Waals surface area (Å²) in [6.07, 6.45) is 2.63. The van der Waals surface area contributed by atoms with Gasteiger partial charge in [0.2, 0.25) is 6.10 Å². The molecule has 4 heteroatoms. The predicted octanol–water partition coefficient (Wildman–Crippen LogP) is 3.49. The van der Waals surface area contributed by atoms with Gasteiger partial charge in [0.1, 0.15) is 11.8 Å². The number of nitrogens with zero attached hydrogens (tertiary/aromatic N) is 2. The van der Waals surface area contributed by atoms with Gasteiger partial charge in [-0.2, -0.15) is 5.26 Å². The Morgan fingerprint density at radius 2 is 2.00 bits per heavy atom. The number of halogens is 1. The van der Waals surface area contributed by atoms with E-state index in [1.54, 1.807) is 18.5 Å². The minimum atomic E-state index is -0.618. The van der Waals surface area contributed by atoms with E-state index in [0.29, 0.717) is 5.75 Å². The third-order valence-corrected chi connectivity index (χ3v) is 2.59. The maximum absolute atomic E-state index is 9.10. The molecule has 2 aromatic rings. The van der Waals surface area contributed by atoms with Gasteiger partial charge >= 0.3 is 0 Å². The lowest BCUT2D eigenvalue weighted by Crippen LogP contribution is -2.04. The van der Waals surface area contributed by atoms with Crippen molar-refractivity contribution in [3.05, 3.63) is 58.8 Å². The van der Waals surface area contributed by atoms with Crippen LogP contribution in [-0.4, -0.2) is 4.98 Å². The molecule has 84 valence electrons. The molecule has 0 unspecified atom stereocenters. The Morgan fingerprint density at radius 3 is 2.65 bits per heavy atom. The normalized spacial score (nSPS) is 11.5. The van der Waals surface area contributed by atoms with Crippen LogP contribution >= 0.6 is 15.9 Å². The Morgan fingerprint density at radius 1 is 1.24 bits per heavy atom. The number of ether oxygens (including phenoxy) is 1.